The van der Waals surface area contributed by atoms with Gasteiger partial charge in [0.25, 0.3) is 29.5 Å². The highest BCUT2D eigenvalue weighted by Gasteiger charge is 2.40. The van der Waals surface area contributed by atoms with Crippen molar-refractivity contribution < 1.29 is 108 Å². The topological polar surface area (TPSA) is 266 Å². The van der Waals surface area contributed by atoms with Crippen molar-refractivity contribution in [1.29, 1.82) is 0 Å². The number of halogens is 12. The van der Waals surface area contributed by atoms with Gasteiger partial charge in [-0.1, -0.05) is 177 Å². The number of hydrogen-bond donors (Lipinski definition) is 0. The smallest absolute Gasteiger partial charge is 0.496 e. The van der Waals surface area contributed by atoms with Crippen LogP contribution < -0.4 is 33.5 Å². The number of ether oxygens (including phenoxy) is 7. The van der Waals surface area contributed by atoms with Crippen molar-refractivity contribution >= 4 is 11.4 Å². The molecule has 24 nitrogen and oxygen atoms in total. The summed E-state index contributed by atoms with van der Waals surface area (Å²) in [5, 5.41) is 19.7. The second-order valence-corrected chi connectivity index (χ2v) is 33.2. The van der Waals surface area contributed by atoms with Crippen molar-refractivity contribution in [2.24, 2.45) is 0 Å². The first-order valence-electron chi connectivity index (χ1n) is 45.7. The van der Waals surface area contributed by atoms with E-state index in [-0.39, 0.29) is 74.5 Å². The van der Waals surface area contributed by atoms with E-state index in [4.69, 9.17) is 46.3 Å². The molecule has 7 heterocycles. The molecule has 36 heteroatoms. The van der Waals surface area contributed by atoms with E-state index in [9.17, 15) is 52.7 Å². The Morgan fingerprint density at radius 3 is 0.760 bits per heavy atom. The first-order chi connectivity index (χ1) is 70.2. The lowest BCUT2D eigenvalue weighted by Gasteiger charge is -2.31. The van der Waals surface area contributed by atoms with Gasteiger partial charge >= 0.3 is 25.1 Å². The Morgan fingerprint density at radius 2 is 0.500 bits per heavy atom. The Bertz CT molecular complexity index is 7550. The summed E-state index contributed by atoms with van der Waals surface area (Å²) >= 11 is 0. The molecule has 0 unspecified atom stereocenters. The molecule has 0 bridgehead atoms. The molecule has 748 valence electrons. The molecule has 0 spiro atoms. The third kappa shape index (κ3) is 24.7. The van der Waals surface area contributed by atoms with E-state index in [0.29, 0.717) is 99.5 Å². The van der Waals surface area contributed by atoms with Crippen LogP contribution >= 0.6 is 0 Å². The SMILES string of the molecule is CCOc1ccccc1-c1noc(-c2ccc(-c3ccccc3C)c(C)c2)n1.COc1ccccc1-c1noc(-c2ccc(-c3ccccc3C)c(C)c2)n1.COc1ccccc1-c1noc(-c2ccc(N3CCOCC3)c(C(F)(F)F)c2)n1.Cc1ccccc1-c1ccc(-c2nc(-c3ccccc3OC(F)(F)F)no2)cc1C.FC(F)(F)Oc1ccccc1-c1noc(-c2ccc(N3CCOCC3)c(C(F)(F)F)c2)n1. The fourth-order valence-electron chi connectivity index (χ4n) is 16.4. The fourth-order valence-corrected chi connectivity index (χ4v) is 16.4. The number of benzene rings is 13. The quantitative estimate of drug-likeness (QED) is 0.0605. The zero-order chi connectivity index (χ0) is 103. The second-order valence-electron chi connectivity index (χ2n) is 33.2. The van der Waals surface area contributed by atoms with Gasteiger partial charge in [-0.3, -0.25) is 0 Å². The van der Waals surface area contributed by atoms with Gasteiger partial charge in [-0.05, 0) is 249 Å². The average molecular weight is 2000 g/mol. The number of aryl methyl sites for hydroxylation is 6. The Labute approximate surface area is 829 Å². The van der Waals surface area contributed by atoms with Crippen LogP contribution in [0.5, 0.6) is 28.7 Å². The lowest BCUT2D eigenvalue weighted by molar-refractivity contribution is -0.275. The minimum Gasteiger partial charge on any atom is -0.496 e. The van der Waals surface area contributed by atoms with Crippen molar-refractivity contribution in [2.45, 2.75) is 73.5 Å². The number of morpholine rings is 2. The third-order valence-electron chi connectivity index (χ3n) is 23.5. The van der Waals surface area contributed by atoms with Crippen LogP contribution in [0.2, 0.25) is 0 Å². The highest BCUT2D eigenvalue weighted by molar-refractivity contribution is 5.79. The summed E-state index contributed by atoms with van der Waals surface area (Å²) < 4.78 is 220. The zero-order valence-corrected chi connectivity index (χ0v) is 79.8. The Morgan fingerprint density at radius 1 is 0.267 bits per heavy atom. The van der Waals surface area contributed by atoms with Crippen LogP contribution in [-0.4, -0.2) is 137 Å². The zero-order valence-electron chi connectivity index (χ0n) is 79.8. The largest absolute Gasteiger partial charge is 0.573 e. The van der Waals surface area contributed by atoms with Crippen LogP contribution in [0, 0.1) is 41.5 Å². The van der Waals surface area contributed by atoms with E-state index in [0.717, 1.165) is 74.2 Å². The molecule has 2 aliphatic rings. The number of aromatic nitrogens is 10. The minimum atomic E-state index is -4.94. The number of hydrogen-bond acceptors (Lipinski definition) is 24. The van der Waals surface area contributed by atoms with Crippen LogP contribution in [-0.2, 0) is 21.8 Å². The van der Waals surface area contributed by atoms with Crippen molar-refractivity contribution in [3.63, 3.8) is 0 Å². The molecule has 146 heavy (non-hydrogen) atoms. The summed E-state index contributed by atoms with van der Waals surface area (Å²) in [5.74, 6) is 3.04. The van der Waals surface area contributed by atoms with E-state index >= 15 is 0 Å². The van der Waals surface area contributed by atoms with Gasteiger partial charge in [-0.25, -0.2) is 0 Å². The van der Waals surface area contributed by atoms with E-state index in [1.807, 2.05) is 118 Å². The maximum absolute atomic E-state index is 13.7. The number of rotatable bonds is 21. The van der Waals surface area contributed by atoms with Crippen LogP contribution in [0.3, 0.4) is 0 Å². The fraction of sp³-hybridized carbons (Fsp3) is 0.200. The Hall–Kier alpha value is -16.8. The van der Waals surface area contributed by atoms with Crippen molar-refractivity contribution in [2.75, 3.05) is 83.2 Å². The third-order valence-corrected chi connectivity index (χ3v) is 23.5. The molecule has 0 aliphatic carbocycles. The van der Waals surface area contributed by atoms with Crippen molar-refractivity contribution in [1.82, 2.24) is 50.7 Å². The number of nitrogens with zero attached hydrogens (tertiary/aromatic N) is 12. The monoisotopic (exact) mass is 2000 g/mol. The molecule has 5 aromatic heterocycles. The van der Waals surface area contributed by atoms with Gasteiger partial charge in [0.15, 0.2) is 0 Å². The van der Waals surface area contributed by atoms with E-state index in [1.165, 1.54) is 106 Å². The maximum Gasteiger partial charge on any atom is 0.573 e. The predicted octanol–water partition coefficient (Wildman–Crippen LogP) is 27.8. The van der Waals surface area contributed by atoms with Crippen molar-refractivity contribution in [3.8, 4) is 176 Å². The van der Waals surface area contributed by atoms with Crippen LogP contribution in [0.25, 0.3) is 148 Å². The molecule has 0 amide bonds. The number of alkyl halides is 12. The van der Waals surface area contributed by atoms with Gasteiger partial charge in [-0.2, -0.15) is 51.3 Å². The highest BCUT2D eigenvalue weighted by atomic mass is 19.4. The molecule has 0 saturated carbocycles. The molecule has 2 fully saturated rings. The molecule has 18 aromatic rings. The van der Waals surface area contributed by atoms with E-state index < -0.39 is 42.0 Å². The maximum atomic E-state index is 13.7. The predicted molar refractivity (Wildman–Crippen MR) is 524 cm³/mol. The van der Waals surface area contributed by atoms with Gasteiger partial charge in [0, 0.05) is 65.4 Å². The molecule has 2 saturated heterocycles. The molecule has 2 aliphatic heterocycles. The molecular formula is C110H92F12N12O12. The average Bonchev–Trinajstić information content (AvgIpc) is 1.39. The van der Waals surface area contributed by atoms with Crippen LogP contribution in [0.1, 0.15) is 51.4 Å². The molecular weight excluding hydrogens is 1910 g/mol. The van der Waals surface area contributed by atoms with Gasteiger partial charge in [0.2, 0.25) is 29.1 Å². The second kappa shape index (κ2) is 45.2. The van der Waals surface area contributed by atoms with E-state index in [1.54, 1.807) is 53.3 Å². The number of methoxy groups -OCH3 is 2. The highest BCUT2D eigenvalue weighted by Crippen LogP contribution is 2.46. The number of para-hydroxylation sites is 5. The summed E-state index contributed by atoms with van der Waals surface area (Å²) in [5.41, 5.74) is 17.5. The normalized spacial score (nSPS) is 12.7. The summed E-state index contributed by atoms with van der Waals surface area (Å²) in [7, 11) is 3.15. The summed E-state index contributed by atoms with van der Waals surface area (Å²) in [6.07, 6.45) is -18.9. The lowest BCUT2D eigenvalue weighted by Crippen LogP contribution is -2.37. The Balaban J connectivity index is 0.000000131. The standard InChI is InChI=1S/C24H22N2O2.C23H17F3N2O2.C23H20N2O2.C20H15F6N3O3.C20H18F3N3O3/c1-4-27-22-12-8-7-11-21(22)23-25-24(28-26-23)18-13-14-20(17(3)15-18)19-10-6-5-9-16(19)2;1-14-7-3-4-8-17(14)18-12-11-16(13-15(18)2)22-27-21(28-30-22)19-9-5-6-10-20(19)29-23(24,25)26;1-15-8-4-5-9-18(15)19-13-12-17(14-16(19)2)23-24-22(25-27-23)20-10-6-7-11-21(20)26-3;21-19(22,23)14-11-12(5-6-15(14)29-7-9-30-10-8-29)18-27-17(28-32-18)13-3-1-2-4-16(13)31-20(24,25)26;1-27-17-5-3-2-4-14(17)18-24-19(29-25-18)13-6-7-16(15(12-13)20(21,22)23)26-8-10-28-11-9-26/h5-15H,4H2,1-3H3;3-13H,1-2H3;4-14H,1-3H3;1-6,11H,7-10H2;2-7,12H,8-11H2,1H3. The van der Waals surface area contributed by atoms with Crippen LogP contribution in [0.15, 0.2) is 308 Å². The molecule has 13 aromatic carbocycles. The summed E-state index contributed by atoms with van der Waals surface area (Å²) in [6, 6.07) is 83.9. The molecule has 0 N–H and O–H groups in total. The van der Waals surface area contributed by atoms with Gasteiger partial charge in [0.05, 0.1) is 86.2 Å². The lowest BCUT2D eigenvalue weighted by atomic mass is 9.95. The van der Waals surface area contributed by atoms with Gasteiger partial charge < -0.3 is 65.6 Å². The van der Waals surface area contributed by atoms with Gasteiger partial charge in [-0.15, -0.1) is 26.3 Å². The molecule has 0 atom stereocenters. The minimum absolute atomic E-state index is 0.00457. The van der Waals surface area contributed by atoms with E-state index in [2.05, 4.69) is 167 Å². The first-order valence-corrected chi connectivity index (χ1v) is 45.7. The number of anilines is 2. The molecule has 0 radical (unpaired) electrons. The van der Waals surface area contributed by atoms with Crippen molar-refractivity contribution in [3.05, 3.63) is 330 Å². The summed E-state index contributed by atoms with van der Waals surface area (Å²) in [4.78, 5) is 24.9. The van der Waals surface area contributed by atoms with Gasteiger partial charge in [0.1, 0.15) is 28.7 Å². The molecule has 20 rings (SSSR count). The Kier molecular flexibility index (Phi) is 31.7. The summed E-state index contributed by atoms with van der Waals surface area (Å²) in [6.45, 7) is 17.9. The van der Waals surface area contributed by atoms with Crippen LogP contribution in [0.4, 0.5) is 64.1 Å². The first kappa shape index (κ1) is 102.